The van der Waals surface area contributed by atoms with Crippen molar-refractivity contribution in [3.63, 3.8) is 0 Å². The molecule has 0 radical (unpaired) electrons. The molecule has 1 aromatic heterocycles. The summed E-state index contributed by atoms with van der Waals surface area (Å²) in [5, 5.41) is 3.87. The molecule has 0 amide bonds. The summed E-state index contributed by atoms with van der Waals surface area (Å²) >= 11 is 19.8. The Morgan fingerprint density at radius 2 is 1.73 bits per heavy atom. The Kier molecular flexibility index (Phi) is 6.61. The van der Waals surface area contributed by atoms with E-state index in [0.29, 0.717) is 42.4 Å². The van der Waals surface area contributed by atoms with Gasteiger partial charge in [-0.2, -0.15) is 0 Å². The Morgan fingerprint density at radius 3 is 2.43 bits per heavy atom. The van der Waals surface area contributed by atoms with Crippen LogP contribution in [-0.2, 0) is 16.3 Å². The van der Waals surface area contributed by atoms with Gasteiger partial charge in [-0.15, -0.1) is 11.3 Å². The molecule has 9 heteroatoms. The Balaban J connectivity index is 1.41. The van der Waals surface area contributed by atoms with E-state index in [0.717, 1.165) is 16.4 Å². The van der Waals surface area contributed by atoms with E-state index >= 15 is 0 Å². The fourth-order valence-corrected chi connectivity index (χ4v) is 7.05. The number of anilines is 1. The van der Waals surface area contributed by atoms with E-state index in [2.05, 4.69) is 4.90 Å². The van der Waals surface area contributed by atoms with Gasteiger partial charge in [-0.05, 0) is 42.7 Å². The van der Waals surface area contributed by atoms with Crippen LogP contribution in [0.2, 0.25) is 15.1 Å². The van der Waals surface area contributed by atoms with E-state index in [1.165, 1.54) is 0 Å². The minimum absolute atomic E-state index is 0.225. The summed E-state index contributed by atoms with van der Waals surface area (Å²) in [6.45, 7) is 1.29. The molecule has 0 atom stereocenters. The van der Waals surface area contributed by atoms with Gasteiger partial charge in [0, 0.05) is 24.9 Å². The number of halogens is 3. The van der Waals surface area contributed by atoms with E-state index in [1.54, 1.807) is 41.7 Å². The summed E-state index contributed by atoms with van der Waals surface area (Å²) in [5.41, 5.74) is 2.00. The van der Waals surface area contributed by atoms with Crippen molar-refractivity contribution in [1.29, 1.82) is 0 Å². The minimum Gasteiger partial charge on any atom is -0.348 e. The molecule has 1 aliphatic rings. The van der Waals surface area contributed by atoms with Crippen LogP contribution < -0.4 is 4.90 Å². The lowest BCUT2D eigenvalue weighted by Gasteiger charge is -2.31. The zero-order valence-corrected chi connectivity index (χ0v) is 19.8. The standard InChI is InChI=1S/C21H19Cl3N2O2S2/c22-17-6-5-14(12-19(17)24)11-15-13-29-21(25-15)26-9-7-16(8-10-26)30(27,28)20-4-2-1-3-18(20)23/h1-6,12-13,16H,7-11H2. The van der Waals surface area contributed by atoms with Crippen molar-refractivity contribution in [3.8, 4) is 0 Å². The predicted octanol–water partition coefficient (Wildman–Crippen LogP) is 6.14. The molecule has 4 nitrogen and oxygen atoms in total. The first-order chi connectivity index (χ1) is 14.3. The van der Waals surface area contributed by atoms with Crippen LogP contribution >= 0.6 is 46.1 Å². The highest BCUT2D eigenvalue weighted by atomic mass is 35.5. The van der Waals surface area contributed by atoms with Gasteiger partial charge < -0.3 is 4.90 Å². The van der Waals surface area contributed by atoms with E-state index < -0.39 is 15.1 Å². The first-order valence-electron chi connectivity index (χ1n) is 9.46. The molecule has 0 spiro atoms. The number of thiazole rings is 1. The fourth-order valence-electron chi connectivity index (χ4n) is 3.59. The number of aromatic nitrogens is 1. The van der Waals surface area contributed by atoms with Crippen molar-refractivity contribution in [2.24, 2.45) is 0 Å². The summed E-state index contributed by atoms with van der Waals surface area (Å²) in [5.74, 6) is 0. The van der Waals surface area contributed by atoms with Gasteiger partial charge in [-0.3, -0.25) is 0 Å². The highest BCUT2D eigenvalue weighted by molar-refractivity contribution is 7.92. The van der Waals surface area contributed by atoms with Crippen LogP contribution in [-0.4, -0.2) is 31.7 Å². The number of hydrogen-bond acceptors (Lipinski definition) is 5. The maximum Gasteiger partial charge on any atom is 0.185 e. The monoisotopic (exact) mass is 500 g/mol. The molecule has 0 bridgehead atoms. The summed E-state index contributed by atoms with van der Waals surface area (Å²) in [4.78, 5) is 7.12. The number of hydrogen-bond donors (Lipinski definition) is 0. The number of sulfone groups is 1. The second-order valence-corrected chi connectivity index (χ2v) is 11.5. The molecule has 1 fully saturated rings. The molecule has 0 N–H and O–H groups in total. The Hall–Kier alpha value is -1.31. The predicted molar refractivity (Wildman–Crippen MR) is 125 cm³/mol. The minimum atomic E-state index is -3.44. The molecule has 30 heavy (non-hydrogen) atoms. The second kappa shape index (κ2) is 9.05. The van der Waals surface area contributed by atoms with Crippen LogP contribution in [0.15, 0.2) is 52.7 Å². The number of rotatable bonds is 5. The van der Waals surface area contributed by atoms with Crippen LogP contribution in [0, 0.1) is 0 Å². The molecule has 0 aliphatic carbocycles. The molecule has 4 rings (SSSR count). The highest BCUT2D eigenvalue weighted by Crippen LogP contribution is 2.32. The molecule has 2 aromatic carbocycles. The van der Waals surface area contributed by atoms with Gasteiger partial charge in [0.15, 0.2) is 15.0 Å². The average molecular weight is 502 g/mol. The third kappa shape index (κ3) is 4.63. The quantitative estimate of drug-likeness (QED) is 0.421. The Morgan fingerprint density at radius 1 is 1.00 bits per heavy atom. The second-order valence-electron chi connectivity index (χ2n) is 7.21. The van der Waals surface area contributed by atoms with Gasteiger partial charge in [-0.1, -0.05) is 53.0 Å². The van der Waals surface area contributed by atoms with Gasteiger partial charge in [-0.25, -0.2) is 13.4 Å². The number of piperidine rings is 1. The average Bonchev–Trinajstić information content (AvgIpc) is 3.19. The van der Waals surface area contributed by atoms with Crippen molar-refractivity contribution in [2.75, 3.05) is 18.0 Å². The van der Waals surface area contributed by atoms with E-state index in [-0.39, 0.29) is 9.92 Å². The SMILES string of the molecule is O=S(=O)(c1ccccc1Cl)C1CCN(c2nc(Cc3ccc(Cl)c(Cl)c3)cs2)CC1. The maximum absolute atomic E-state index is 13.0. The van der Waals surface area contributed by atoms with E-state index in [4.69, 9.17) is 39.8 Å². The molecule has 1 aliphatic heterocycles. The third-order valence-electron chi connectivity index (χ3n) is 5.20. The summed E-state index contributed by atoms with van der Waals surface area (Å²) < 4.78 is 25.9. The van der Waals surface area contributed by atoms with Gasteiger partial charge in [0.1, 0.15) is 0 Å². The molecule has 1 saturated heterocycles. The Labute approximate surface area is 195 Å². The van der Waals surface area contributed by atoms with Crippen molar-refractivity contribution in [2.45, 2.75) is 29.4 Å². The highest BCUT2D eigenvalue weighted by Gasteiger charge is 2.33. The zero-order valence-electron chi connectivity index (χ0n) is 15.9. The third-order valence-corrected chi connectivity index (χ3v) is 9.65. The molecule has 3 aromatic rings. The maximum atomic E-state index is 13.0. The molecular weight excluding hydrogens is 483 g/mol. The van der Waals surface area contributed by atoms with Crippen molar-refractivity contribution >= 4 is 61.1 Å². The molecular formula is C21H19Cl3N2O2S2. The van der Waals surface area contributed by atoms with Gasteiger partial charge >= 0.3 is 0 Å². The zero-order chi connectivity index (χ0) is 21.3. The molecule has 2 heterocycles. The first kappa shape index (κ1) is 21.9. The van der Waals surface area contributed by atoms with Crippen molar-refractivity contribution in [1.82, 2.24) is 4.98 Å². The molecule has 0 saturated carbocycles. The number of nitrogens with zero attached hydrogens (tertiary/aromatic N) is 2. The lowest BCUT2D eigenvalue weighted by atomic mass is 10.1. The van der Waals surface area contributed by atoms with E-state index in [9.17, 15) is 8.42 Å². The first-order valence-corrected chi connectivity index (χ1v) is 13.0. The van der Waals surface area contributed by atoms with Gasteiger partial charge in [0.2, 0.25) is 0 Å². The Bertz CT molecular complexity index is 1160. The molecule has 158 valence electrons. The smallest absolute Gasteiger partial charge is 0.185 e. The number of benzene rings is 2. The lowest BCUT2D eigenvalue weighted by Crippen LogP contribution is -2.39. The van der Waals surface area contributed by atoms with Gasteiger partial charge in [0.25, 0.3) is 0 Å². The van der Waals surface area contributed by atoms with Crippen LogP contribution in [0.3, 0.4) is 0 Å². The lowest BCUT2D eigenvalue weighted by molar-refractivity contribution is 0.529. The molecule has 0 unspecified atom stereocenters. The van der Waals surface area contributed by atoms with Crippen molar-refractivity contribution in [3.05, 3.63) is 74.2 Å². The topological polar surface area (TPSA) is 50.3 Å². The fraction of sp³-hybridized carbons (Fsp3) is 0.286. The van der Waals surface area contributed by atoms with Crippen molar-refractivity contribution < 1.29 is 8.42 Å². The summed E-state index contributed by atoms with van der Waals surface area (Å²) in [6.07, 6.45) is 1.77. The van der Waals surface area contributed by atoms with Crippen LogP contribution in [0.1, 0.15) is 24.1 Å². The normalized spacial score (nSPS) is 15.5. The van der Waals surface area contributed by atoms with Crippen LogP contribution in [0.25, 0.3) is 0 Å². The van der Waals surface area contributed by atoms with Crippen LogP contribution in [0.4, 0.5) is 5.13 Å². The summed E-state index contributed by atoms with van der Waals surface area (Å²) in [6, 6.07) is 12.2. The summed E-state index contributed by atoms with van der Waals surface area (Å²) in [7, 11) is -3.44. The van der Waals surface area contributed by atoms with Gasteiger partial charge in [0.05, 0.1) is 30.9 Å². The van der Waals surface area contributed by atoms with Crippen LogP contribution in [0.5, 0.6) is 0 Å². The van der Waals surface area contributed by atoms with E-state index in [1.807, 2.05) is 17.5 Å². The largest absolute Gasteiger partial charge is 0.348 e.